The van der Waals surface area contributed by atoms with Gasteiger partial charge in [-0.3, -0.25) is 4.72 Å². The van der Waals surface area contributed by atoms with Crippen molar-refractivity contribution in [2.24, 2.45) is 0 Å². The lowest BCUT2D eigenvalue weighted by molar-refractivity contribution is 0.605. The monoisotopic (exact) mass is 212 g/mol. The van der Waals surface area contributed by atoms with Gasteiger partial charge in [0.25, 0.3) is 0 Å². The van der Waals surface area contributed by atoms with E-state index < -0.39 is 15.2 Å². The summed E-state index contributed by atoms with van der Waals surface area (Å²) in [6.45, 7) is 0. The van der Waals surface area contributed by atoms with Gasteiger partial charge < -0.3 is 0 Å². The predicted molar refractivity (Wildman–Crippen MR) is 45.4 cm³/mol. The number of hydrogen-bond donors (Lipinski definition) is 1. The normalized spacial score (nSPS) is 11.4. The van der Waals surface area contributed by atoms with Gasteiger partial charge in [0.15, 0.2) is 5.13 Å². The Morgan fingerprint density at radius 1 is 1.73 bits per heavy atom. The van der Waals surface area contributed by atoms with Gasteiger partial charge in [0, 0.05) is 11.6 Å². The van der Waals surface area contributed by atoms with Gasteiger partial charge >= 0.3 is 0 Å². The highest BCUT2D eigenvalue weighted by molar-refractivity contribution is 7.94. The first-order chi connectivity index (χ1) is 5.14. The summed E-state index contributed by atoms with van der Waals surface area (Å²) >= 11 is 6.34. The molecule has 0 spiro atoms. The Morgan fingerprint density at radius 3 is 2.91 bits per heavy atom. The molecule has 0 bridgehead atoms. The predicted octanol–water partition coefficient (Wildman–Crippen LogP) is 1.08. The van der Waals surface area contributed by atoms with Crippen molar-refractivity contribution in [2.45, 2.75) is 0 Å². The Labute approximate surface area is 73.3 Å². The van der Waals surface area contributed by atoms with E-state index >= 15 is 0 Å². The highest BCUT2D eigenvalue weighted by Crippen LogP contribution is 2.12. The summed E-state index contributed by atoms with van der Waals surface area (Å²) in [5.41, 5.74) is 0. The van der Waals surface area contributed by atoms with E-state index in [0.717, 1.165) is 0 Å². The zero-order chi connectivity index (χ0) is 8.32. The molecule has 1 heterocycles. The van der Waals surface area contributed by atoms with Gasteiger partial charge in [-0.2, -0.15) is 0 Å². The van der Waals surface area contributed by atoms with Crippen molar-refractivity contribution < 1.29 is 8.42 Å². The van der Waals surface area contributed by atoms with Crippen LogP contribution in [0.1, 0.15) is 0 Å². The Bertz CT molecular complexity index is 307. The van der Waals surface area contributed by atoms with Crippen LogP contribution in [0.2, 0.25) is 0 Å². The molecule has 1 rings (SSSR count). The minimum absolute atomic E-state index is 0.339. The number of thiazole rings is 1. The summed E-state index contributed by atoms with van der Waals surface area (Å²) < 4.78 is 23.8. The van der Waals surface area contributed by atoms with Crippen molar-refractivity contribution in [3.8, 4) is 0 Å². The molecule has 0 atom stereocenters. The third-order valence-corrected chi connectivity index (χ3v) is 3.29. The van der Waals surface area contributed by atoms with Crippen LogP contribution in [0.15, 0.2) is 11.6 Å². The van der Waals surface area contributed by atoms with Crippen molar-refractivity contribution in [1.29, 1.82) is 0 Å². The number of nitrogens with one attached hydrogen (secondary N) is 1. The summed E-state index contributed by atoms with van der Waals surface area (Å²) in [7, 11) is -3.38. The number of rotatable bonds is 3. The second-order valence-corrected chi connectivity index (χ2v) is 4.86. The summed E-state index contributed by atoms with van der Waals surface area (Å²) in [5, 5.41) is 1.56. The average molecular weight is 213 g/mol. The van der Waals surface area contributed by atoms with Crippen LogP contribution >= 0.6 is 22.9 Å². The van der Waals surface area contributed by atoms with E-state index in [1.54, 1.807) is 5.38 Å². The molecule has 11 heavy (non-hydrogen) atoms. The summed E-state index contributed by atoms with van der Waals surface area (Å²) in [4.78, 5) is 3.72. The fourth-order valence-corrected chi connectivity index (χ4v) is 1.92. The third kappa shape index (κ3) is 2.64. The topological polar surface area (TPSA) is 59.1 Å². The van der Waals surface area contributed by atoms with Crippen molar-refractivity contribution in [1.82, 2.24) is 4.98 Å². The maximum Gasteiger partial charge on any atom is 0.248 e. The minimum atomic E-state index is -3.38. The molecule has 0 fully saturated rings. The molecule has 0 unspecified atom stereocenters. The van der Waals surface area contributed by atoms with E-state index in [2.05, 4.69) is 9.71 Å². The lowest BCUT2D eigenvalue weighted by Gasteiger charge is -1.98. The van der Waals surface area contributed by atoms with Gasteiger partial charge in [-0.1, -0.05) is 0 Å². The van der Waals surface area contributed by atoms with Gasteiger partial charge in [-0.25, -0.2) is 13.4 Å². The molecule has 0 aliphatic carbocycles. The lowest BCUT2D eigenvalue weighted by atomic mass is 11.0. The van der Waals surface area contributed by atoms with E-state index in [9.17, 15) is 8.42 Å². The lowest BCUT2D eigenvalue weighted by Crippen LogP contribution is -2.12. The van der Waals surface area contributed by atoms with Crippen molar-refractivity contribution in [3.05, 3.63) is 11.6 Å². The number of aromatic nitrogens is 1. The van der Waals surface area contributed by atoms with Crippen LogP contribution in [0.5, 0.6) is 0 Å². The largest absolute Gasteiger partial charge is 0.258 e. The SMILES string of the molecule is O=S(=O)(CCl)Nc1nccs1. The quantitative estimate of drug-likeness (QED) is 0.763. The van der Waals surface area contributed by atoms with Crippen LogP contribution in [0.3, 0.4) is 0 Å². The first-order valence-corrected chi connectivity index (χ1v) is 5.66. The van der Waals surface area contributed by atoms with E-state index in [0.29, 0.717) is 5.13 Å². The Morgan fingerprint density at radius 2 is 2.45 bits per heavy atom. The Hall–Kier alpha value is -0.330. The van der Waals surface area contributed by atoms with Crippen LogP contribution in [0.4, 0.5) is 5.13 Å². The Kier molecular flexibility index (Phi) is 2.69. The molecule has 0 aliphatic heterocycles. The zero-order valence-electron chi connectivity index (χ0n) is 5.32. The second-order valence-electron chi connectivity index (χ2n) is 1.66. The number of alkyl halides is 1. The van der Waals surface area contributed by atoms with Gasteiger partial charge in [0.05, 0.1) is 0 Å². The van der Waals surface area contributed by atoms with Gasteiger partial charge in [-0.05, 0) is 0 Å². The van der Waals surface area contributed by atoms with E-state index in [1.807, 2.05) is 0 Å². The van der Waals surface area contributed by atoms with E-state index in [1.165, 1.54) is 17.5 Å². The summed E-state index contributed by atoms with van der Waals surface area (Å²) in [5.74, 6) is 0. The fraction of sp³-hybridized carbons (Fsp3) is 0.250. The molecular formula is C4H5ClN2O2S2. The second kappa shape index (κ2) is 3.38. The van der Waals surface area contributed by atoms with Gasteiger partial charge in [-0.15, -0.1) is 22.9 Å². The molecule has 0 saturated heterocycles. The summed E-state index contributed by atoms with van der Waals surface area (Å²) in [6, 6.07) is 0. The fourth-order valence-electron chi connectivity index (χ4n) is 0.434. The molecule has 62 valence electrons. The third-order valence-electron chi connectivity index (χ3n) is 0.819. The van der Waals surface area contributed by atoms with Gasteiger partial charge in [0.1, 0.15) is 5.21 Å². The molecular weight excluding hydrogens is 208 g/mol. The average Bonchev–Trinajstić information content (AvgIpc) is 2.39. The van der Waals surface area contributed by atoms with E-state index in [-0.39, 0.29) is 0 Å². The standard InChI is InChI=1S/C4H5ClN2O2S2/c5-3-11(8,9)7-4-6-1-2-10-4/h1-2H,3H2,(H,6,7). The van der Waals surface area contributed by atoms with Crippen molar-refractivity contribution >= 4 is 38.1 Å². The minimum Gasteiger partial charge on any atom is -0.258 e. The highest BCUT2D eigenvalue weighted by atomic mass is 35.5. The van der Waals surface area contributed by atoms with Crippen molar-refractivity contribution in [3.63, 3.8) is 0 Å². The molecule has 1 N–H and O–H groups in total. The maximum absolute atomic E-state index is 10.8. The molecule has 0 aromatic carbocycles. The molecule has 1 aromatic heterocycles. The smallest absolute Gasteiger partial charge is 0.248 e. The first kappa shape index (κ1) is 8.76. The zero-order valence-corrected chi connectivity index (χ0v) is 7.71. The molecule has 7 heteroatoms. The number of hydrogen-bond acceptors (Lipinski definition) is 4. The van der Waals surface area contributed by atoms with Gasteiger partial charge in [0.2, 0.25) is 10.0 Å². The molecule has 0 aliphatic rings. The maximum atomic E-state index is 10.8. The van der Waals surface area contributed by atoms with Crippen LogP contribution in [0.25, 0.3) is 0 Å². The van der Waals surface area contributed by atoms with Crippen LogP contribution in [-0.2, 0) is 10.0 Å². The number of anilines is 1. The number of halogens is 1. The van der Waals surface area contributed by atoms with E-state index in [4.69, 9.17) is 11.6 Å². The Balaban J connectivity index is 2.72. The molecule has 0 radical (unpaired) electrons. The molecule has 1 aromatic rings. The van der Waals surface area contributed by atoms with Crippen molar-refractivity contribution in [2.75, 3.05) is 9.93 Å². The number of sulfonamides is 1. The summed E-state index contributed by atoms with van der Waals surface area (Å²) in [6.07, 6.45) is 1.51. The van der Waals surface area contributed by atoms with Crippen LogP contribution in [-0.4, -0.2) is 18.6 Å². The number of nitrogens with zero attached hydrogens (tertiary/aromatic N) is 1. The van der Waals surface area contributed by atoms with Crippen LogP contribution in [0, 0.1) is 0 Å². The molecule has 0 saturated carbocycles. The molecule has 0 amide bonds. The molecule has 4 nitrogen and oxygen atoms in total. The first-order valence-electron chi connectivity index (χ1n) is 2.60. The highest BCUT2D eigenvalue weighted by Gasteiger charge is 2.08. The van der Waals surface area contributed by atoms with Crippen LogP contribution < -0.4 is 4.72 Å².